The lowest BCUT2D eigenvalue weighted by atomic mass is 10.1. The van der Waals surface area contributed by atoms with Crippen LogP contribution in [0.3, 0.4) is 0 Å². The predicted molar refractivity (Wildman–Crippen MR) is 67.4 cm³/mol. The van der Waals surface area contributed by atoms with E-state index in [4.69, 9.17) is 11.5 Å². The zero-order chi connectivity index (χ0) is 12.1. The van der Waals surface area contributed by atoms with Gasteiger partial charge in [-0.1, -0.05) is 13.3 Å². The van der Waals surface area contributed by atoms with Gasteiger partial charge in [0.25, 0.3) is 5.91 Å². The fourth-order valence-corrected chi connectivity index (χ4v) is 1.66. The van der Waals surface area contributed by atoms with Crippen LogP contribution in [0.1, 0.15) is 37.0 Å². The molecule has 0 aliphatic heterocycles. The van der Waals surface area contributed by atoms with Crippen LogP contribution in [0.15, 0.2) is 18.2 Å². The van der Waals surface area contributed by atoms with Gasteiger partial charge in [0.1, 0.15) is 0 Å². The fourth-order valence-electron chi connectivity index (χ4n) is 1.66. The van der Waals surface area contributed by atoms with Crippen LogP contribution in [0.5, 0.6) is 0 Å². The summed E-state index contributed by atoms with van der Waals surface area (Å²) in [5.41, 5.74) is 12.7. The highest BCUT2D eigenvalue weighted by Gasteiger charge is 2.10. The van der Waals surface area contributed by atoms with Crippen molar-refractivity contribution in [3.63, 3.8) is 0 Å². The van der Waals surface area contributed by atoms with Crippen molar-refractivity contribution < 1.29 is 4.79 Å². The molecule has 0 saturated carbocycles. The first kappa shape index (κ1) is 12.4. The fraction of sp³-hybridized carbons (Fsp3) is 0.417. The molecule has 0 heterocycles. The smallest absolute Gasteiger partial charge is 0.250 e. The number of primary amides is 1. The highest BCUT2D eigenvalue weighted by Crippen LogP contribution is 2.20. The summed E-state index contributed by atoms with van der Waals surface area (Å²) in [4.78, 5) is 11.2. The lowest BCUT2D eigenvalue weighted by molar-refractivity contribution is 0.100. The second kappa shape index (κ2) is 5.39. The van der Waals surface area contributed by atoms with Gasteiger partial charge in [0.2, 0.25) is 0 Å². The molecular formula is C12H19N3O. The SMILES string of the molecule is CCCC(C)Nc1ccc(N)cc1C(N)=O. The summed E-state index contributed by atoms with van der Waals surface area (Å²) in [6, 6.07) is 5.46. The van der Waals surface area contributed by atoms with Gasteiger partial charge < -0.3 is 16.8 Å². The third-order valence-corrected chi connectivity index (χ3v) is 2.43. The highest BCUT2D eigenvalue weighted by atomic mass is 16.1. The van der Waals surface area contributed by atoms with Gasteiger partial charge in [-0.3, -0.25) is 4.79 Å². The van der Waals surface area contributed by atoms with E-state index >= 15 is 0 Å². The minimum atomic E-state index is -0.460. The third kappa shape index (κ3) is 3.15. The quantitative estimate of drug-likeness (QED) is 0.665. The van der Waals surface area contributed by atoms with E-state index in [0.29, 0.717) is 17.3 Å². The molecule has 1 aromatic carbocycles. The minimum absolute atomic E-state index is 0.312. The zero-order valence-electron chi connectivity index (χ0n) is 9.79. The van der Waals surface area contributed by atoms with Gasteiger partial charge in [-0.2, -0.15) is 0 Å². The molecule has 88 valence electrons. The average molecular weight is 221 g/mol. The Morgan fingerprint density at radius 1 is 1.50 bits per heavy atom. The maximum atomic E-state index is 11.2. The molecule has 4 nitrogen and oxygen atoms in total. The molecule has 0 bridgehead atoms. The van der Waals surface area contributed by atoms with Crippen LogP contribution in [0.2, 0.25) is 0 Å². The second-order valence-corrected chi connectivity index (χ2v) is 4.00. The Morgan fingerprint density at radius 3 is 2.75 bits per heavy atom. The minimum Gasteiger partial charge on any atom is -0.399 e. The lowest BCUT2D eigenvalue weighted by Gasteiger charge is -2.16. The van der Waals surface area contributed by atoms with Crippen LogP contribution in [0, 0.1) is 0 Å². The largest absolute Gasteiger partial charge is 0.399 e. The molecular weight excluding hydrogens is 202 g/mol. The van der Waals surface area contributed by atoms with E-state index in [1.165, 1.54) is 0 Å². The number of nitrogen functional groups attached to an aromatic ring is 1. The van der Waals surface area contributed by atoms with E-state index in [0.717, 1.165) is 18.5 Å². The number of nitrogens with one attached hydrogen (secondary N) is 1. The van der Waals surface area contributed by atoms with Crippen molar-refractivity contribution in [1.82, 2.24) is 0 Å². The molecule has 0 radical (unpaired) electrons. The van der Waals surface area contributed by atoms with Gasteiger partial charge in [0, 0.05) is 17.4 Å². The molecule has 1 rings (SSSR count). The zero-order valence-corrected chi connectivity index (χ0v) is 9.79. The van der Waals surface area contributed by atoms with Gasteiger partial charge in [-0.15, -0.1) is 0 Å². The van der Waals surface area contributed by atoms with Gasteiger partial charge in [-0.05, 0) is 31.5 Å². The summed E-state index contributed by atoms with van der Waals surface area (Å²) >= 11 is 0. The van der Waals surface area contributed by atoms with Crippen molar-refractivity contribution in [1.29, 1.82) is 0 Å². The van der Waals surface area contributed by atoms with E-state index in [1.54, 1.807) is 18.2 Å². The van der Waals surface area contributed by atoms with Crippen molar-refractivity contribution in [2.45, 2.75) is 32.7 Å². The summed E-state index contributed by atoms with van der Waals surface area (Å²) in [7, 11) is 0. The maximum absolute atomic E-state index is 11.2. The Morgan fingerprint density at radius 2 is 2.19 bits per heavy atom. The molecule has 0 spiro atoms. The van der Waals surface area contributed by atoms with Crippen molar-refractivity contribution >= 4 is 17.3 Å². The van der Waals surface area contributed by atoms with Crippen LogP contribution in [-0.4, -0.2) is 11.9 Å². The Hall–Kier alpha value is -1.71. The molecule has 1 unspecified atom stereocenters. The summed E-state index contributed by atoms with van der Waals surface area (Å²) < 4.78 is 0. The molecule has 0 aliphatic carbocycles. The van der Waals surface area contributed by atoms with Crippen molar-refractivity contribution in [2.24, 2.45) is 5.73 Å². The van der Waals surface area contributed by atoms with E-state index < -0.39 is 5.91 Å². The van der Waals surface area contributed by atoms with E-state index in [2.05, 4.69) is 19.2 Å². The second-order valence-electron chi connectivity index (χ2n) is 4.00. The first-order valence-electron chi connectivity index (χ1n) is 5.50. The number of benzene rings is 1. The number of carbonyl (C=O) groups is 1. The van der Waals surface area contributed by atoms with Crippen molar-refractivity contribution in [3.8, 4) is 0 Å². The monoisotopic (exact) mass is 221 g/mol. The molecule has 4 heteroatoms. The maximum Gasteiger partial charge on any atom is 0.250 e. The Kier molecular flexibility index (Phi) is 4.17. The molecule has 0 aromatic heterocycles. The summed E-state index contributed by atoms with van der Waals surface area (Å²) in [5.74, 6) is -0.460. The third-order valence-electron chi connectivity index (χ3n) is 2.43. The number of nitrogens with two attached hydrogens (primary N) is 2. The number of carbonyl (C=O) groups excluding carboxylic acids is 1. The Bertz CT molecular complexity index is 377. The molecule has 1 aromatic rings. The van der Waals surface area contributed by atoms with Crippen LogP contribution >= 0.6 is 0 Å². The number of hydrogen-bond donors (Lipinski definition) is 3. The number of rotatable bonds is 5. The number of anilines is 2. The summed E-state index contributed by atoms with van der Waals surface area (Å²) in [5, 5.41) is 3.26. The van der Waals surface area contributed by atoms with Crippen molar-refractivity contribution in [3.05, 3.63) is 23.8 Å². The van der Waals surface area contributed by atoms with Gasteiger partial charge >= 0.3 is 0 Å². The van der Waals surface area contributed by atoms with E-state index in [9.17, 15) is 4.79 Å². The van der Waals surface area contributed by atoms with Crippen LogP contribution in [0.4, 0.5) is 11.4 Å². The standard InChI is InChI=1S/C12H19N3O/c1-3-4-8(2)15-11-6-5-9(13)7-10(11)12(14)16/h5-8,15H,3-4,13H2,1-2H3,(H2,14,16). The molecule has 0 fully saturated rings. The van der Waals surface area contributed by atoms with Crippen LogP contribution in [0.25, 0.3) is 0 Å². The first-order valence-corrected chi connectivity index (χ1v) is 5.50. The molecule has 0 aliphatic rings. The Balaban J connectivity index is 2.90. The number of amides is 1. The average Bonchev–Trinajstić information content (AvgIpc) is 2.20. The van der Waals surface area contributed by atoms with Gasteiger partial charge in [0.15, 0.2) is 0 Å². The normalized spacial score (nSPS) is 12.1. The van der Waals surface area contributed by atoms with Crippen LogP contribution < -0.4 is 16.8 Å². The lowest BCUT2D eigenvalue weighted by Crippen LogP contribution is -2.20. The summed E-state index contributed by atoms with van der Waals surface area (Å²) in [6.45, 7) is 4.20. The topological polar surface area (TPSA) is 81.1 Å². The first-order chi connectivity index (χ1) is 7.54. The molecule has 16 heavy (non-hydrogen) atoms. The van der Waals surface area contributed by atoms with Gasteiger partial charge in [0.05, 0.1) is 5.56 Å². The molecule has 1 atom stereocenters. The highest BCUT2D eigenvalue weighted by molar-refractivity contribution is 5.99. The molecule has 5 N–H and O–H groups in total. The van der Waals surface area contributed by atoms with Crippen LogP contribution in [-0.2, 0) is 0 Å². The summed E-state index contributed by atoms with van der Waals surface area (Å²) in [6.07, 6.45) is 2.14. The predicted octanol–water partition coefficient (Wildman–Crippen LogP) is 1.97. The molecule has 0 saturated heterocycles. The van der Waals surface area contributed by atoms with E-state index in [-0.39, 0.29) is 0 Å². The van der Waals surface area contributed by atoms with Gasteiger partial charge in [-0.25, -0.2) is 0 Å². The van der Waals surface area contributed by atoms with E-state index in [1.807, 2.05) is 0 Å². The number of hydrogen-bond acceptors (Lipinski definition) is 3. The Labute approximate surface area is 96.0 Å². The molecule has 1 amide bonds. The van der Waals surface area contributed by atoms with Crippen molar-refractivity contribution in [2.75, 3.05) is 11.1 Å².